The van der Waals surface area contributed by atoms with Gasteiger partial charge in [0.05, 0.1) is 12.7 Å². The Bertz CT molecular complexity index is 1000. The van der Waals surface area contributed by atoms with Gasteiger partial charge in [-0.3, -0.25) is 18.9 Å². The normalized spacial score (nSPS) is 17.9. The van der Waals surface area contributed by atoms with Gasteiger partial charge in [-0.25, -0.2) is 4.57 Å². The van der Waals surface area contributed by atoms with Crippen molar-refractivity contribution >= 4 is 25.5 Å². The van der Waals surface area contributed by atoms with E-state index in [1.54, 1.807) is 12.2 Å². The van der Waals surface area contributed by atoms with Crippen molar-refractivity contribution in [3.05, 3.63) is 36.5 Å². The second-order valence-electron chi connectivity index (χ2n) is 12.5. The van der Waals surface area contributed by atoms with Gasteiger partial charge in [0, 0.05) is 18.8 Å². The molecule has 1 aliphatic carbocycles. The fraction of sp³-hybridized carbons (Fsp3) is 0.750. The van der Waals surface area contributed by atoms with E-state index in [-0.39, 0.29) is 37.1 Å². The molecule has 47 heavy (non-hydrogen) atoms. The lowest BCUT2D eigenvalue weighted by Gasteiger charge is -2.18. The van der Waals surface area contributed by atoms with Gasteiger partial charge in [0.25, 0.3) is 0 Å². The first-order chi connectivity index (χ1) is 22.6. The van der Waals surface area contributed by atoms with E-state index in [2.05, 4.69) is 18.4 Å². The summed E-state index contributed by atoms with van der Waals surface area (Å²) in [6, 6.07) is 0. The van der Waals surface area contributed by atoms with Crippen LogP contribution in [0.1, 0.15) is 136 Å². The first-order valence-corrected chi connectivity index (χ1v) is 19.4. The molecule has 0 saturated carbocycles. The minimum absolute atomic E-state index is 0.0305. The maximum atomic E-state index is 12.3. The topological polar surface area (TPSA) is 157 Å². The number of aliphatic hydroxyl groups excluding tert-OH is 1. The Morgan fingerprint density at radius 1 is 0.851 bits per heavy atom. The van der Waals surface area contributed by atoms with E-state index in [1.165, 1.54) is 38.5 Å². The number of hydrogen-bond acceptors (Lipinski definition) is 8. The highest BCUT2D eigenvalue weighted by molar-refractivity contribution is 7.46. The smallest absolute Gasteiger partial charge is 0.462 e. The number of ether oxygens (including phenoxy) is 2. The average Bonchev–Trinajstić information content (AvgIpc) is 3.38. The summed E-state index contributed by atoms with van der Waals surface area (Å²) in [5.74, 6) is -1.25. The third-order valence-electron chi connectivity index (χ3n) is 8.16. The summed E-state index contributed by atoms with van der Waals surface area (Å²) >= 11 is 0. The predicted molar refractivity (Wildman–Crippen MR) is 183 cm³/mol. The van der Waals surface area contributed by atoms with Gasteiger partial charge in [-0.2, -0.15) is 0 Å². The van der Waals surface area contributed by atoms with Crippen LogP contribution in [0.3, 0.4) is 0 Å². The van der Waals surface area contributed by atoms with Gasteiger partial charge in [-0.05, 0) is 44.1 Å². The molecule has 0 aliphatic heterocycles. The van der Waals surface area contributed by atoms with Crippen molar-refractivity contribution in [1.29, 1.82) is 0 Å². The fourth-order valence-corrected chi connectivity index (χ4v) is 5.72. The van der Waals surface area contributed by atoms with Gasteiger partial charge in [0.15, 0.2) is 11.9 Å². The van der Waals surface area contributed by atoms with Crippen molar-refractivity contribution in [2.45, 2.75) is 148 Å². The Morgan fingerprint density at radius 3 is 2.13 bits per heavy atom. The average molecular weight is 685 g/mol. The molecule has 10 nitrogen and oxygen atoms in total. The number of unbranched alkanes of at least 4 members (excludes halogenated alkanes) is 12. The molecule has 0 saturated heterocycles. The standard InChI is InChI=1S/C36H61O10P/c1-3-5-7-8-9-10-11-12-13-19-23-36(40)46-32(29-45-47(41,42)43)28-44-35(39)22-18-15-14-17-20-30-24-27-34(38)33(30)26-25-31(37)21-16-6-4-2/h14,17,24-27,30-33,37H,3-13,15-16,18-23,28-29H2,1-2H3,(H2,41,42,43)/b17-14-,26-25+/t30-,31-,32+,33+/m0/s1. The van der Waals surface area contributed by atoms with Crippen LogP contribution < -0.4 is 0 Å². The van der Waals surface area contributed by atoms with E-state index in [9.17, 15) is 24.1 Å². The number of carbonyl (C=O) groups is 3. The number of rotatable bonds is 29. The summed E-state index contributed by atoms with van der Waals surface area (Å²) in [7, 11) is -4.79. The van der Waals surface area contributed by atoms with Gasteiger partial charge in [-0.1, -0.05) is 121 Å². The van der Waals surface area contributed by atoms with Gasteiger partial charge < -0.3 is 24.4 Å². The molecule has 1 rings (SSSR count). The van der Waals surface area contributed by atoms with Crippen molar-refractivity contribution in [3.63, 3.8) is 0 Å². The highest BCUT2D eigenvalue weighted by Crippen LogP contribution is 2.36. The number of carbonyl (C=O) groups excluding carboxylic acids is 3. The highest BCUT2D eigenvalue weighted by atomic mass is 31.2. The fourth-order valence-electron chi connectivity index (χ4n) is 5.36. The molecule has 270 valence electrons. The second kappa shape index (κ2) is 26.8. The monoisotopic (exact) mass is 684 g/mol. The molecule has 0 aromatic rings. The van der Waals surface area contributed by atoms with Gasteiger partial charge >= 0.3 is 19.8 Å². The number of phosphoric ester groups is 1. The van der Waals surface area contributed by atoms with Crippen LogP contribution in [-0.2, 0) is 32.9 Å². The van der Waals surface area contributed by atoms with E-state index in [0.717, 1.165) is 38.5 Å². The summed E-state index contributed by atoms with van der Waals surface area (Å²) in [6.45, 7) is 3.37. The molecular weight excluding hydrogens is 623 g/mol. The van der Waals surface area contributed by atoms with Gasteiger partial charge in [0.1, 0.15) is 6.61 Å². The van der Waals surface area contributed by atoms with Gasteiger partial charge in [-0.15, -0.1) is 0 Å². The van der Waals surface area contributed by atoms with Crippen molar-refractivity contribution in [3.8, 4) is 0 Å². The molecule has 0 aromatic heterocycles. The lowest BCUT2D eigenvalue weighted by atomic mass is 9.90. The summed E-state index contributed by atoms with van der Waals surface area (Å²) in [5.41, 5.74) is 0. The highest BCUT2D eigenvalue weighted by Gasteiger charge is 2.27. The van der Waals surface area contributed by atoms with Crippen LogP contribution in [0, 0.1) is 11.8 Å². The Hall–Kier alpha value is -2.10. The second-order valence-corrected chi connectivity index (χ2v) is 13.8. The van der Waals surface area contributed by atoms with Crippen LogP contribution in [0.2, 0.25) is 0 Å². The van der Waals surface area contributed by atoms with Crippen LogP contribution in [0.5, 0.6) is 0 Å². The Labute approximate surface area is 282 Å². The molecule has 0 spiro atoms. The lowest BCUT2D eigenvalue weighted by Crippen LogP contribution is -2.29. The van der Waals surface area contributed by atoms with Crippen molar-refractivity contribution in [2.75, 3.05) is 13.2 Å². The first kappa shape index (κ1) is 42.9. The van der Waals surface area contributed by atoms with Gasteiger partial charge in [0.2, 0.25) is 0 Å². The number of esters is 2. The van der Waals surface area contributed by atoms with E-state index < -0.39 is 38.6 Å². The minimum Gasteiger partial charge on any atom is -0.462 e. The number of ketones is 1. The van der Waals surface area contributed by atoms with Crippen molar-refractivity contribution in [2.24, 2.45) is 11.8 Å². The van der Waals surface area contributed by atoms with E-state index in [1.807, 2.05) is 24.3 Å². The third-order valence-corrected chi connectivity index (χ3v) is 8.64. The quantitative estimate of drug-likeness (QED) is 0.0307. The van der Waals surface area contributed by atoms with Crippen LogP contribution in [0.4, 0.5) is 0 Å². The summed E-state index contributed by atoms with van der Waals surface area (Å²) in [4.78, 5) is 55.0. The number of allylic oxidation sites excluding steroid dienone is 5. The Morgan fingerprint density at radius 2 is 1.47 bits per heavy atom. The molecule has 3 N–H and O–H groups in total. The molecule has 0 aromatic carbocycles. The summed E-state index contributed by atoms with van der Waals surface area (Å²) < 4.78 is 26.2. The van der Waals surface area contributed by atoms with Crippen LogP contribution in [-0.4, -0.2) is 58.0 Å². The number of phosphoric acid groups is 1. The molecule has 11 heteroatoms. The molecule has 4 atom stereocenters. The molecule has 0 amide bonds. The number of aliphatic hydroxyl groups is 1. The van der Waals surface area contributed by atoms with Crippen molar-refractivity contribution in [1.82, 2.24) is 0 Å². The molecular formula is C36H61O10P. The zero-order chi connectivity index (χ0) is 34.8. The van der Waals surface area contributed by atoms with Crippen LogP contribution in [0.25, 0.3) is 0 Å². The number of hydrogen-bond donors (Lipinski definition) is 3. The summed E-state index contributed by atoms with van der Waals surface area (Å²) in [6.07, 6.45) is 26.5. The minimum atomic E-state index is -4.79. The van der Waals surface area contributed by atoms with E-state index >= 15 is 0 Å². The molecule has 0 heterocycles. The molecule has 0 bridgehead atoms. The maximum Gasteiger partial charge on any atom is 0.469 e. The largest absolute Gasteiger partial charge is 0.469 e. The zero-order valence-corrected chi connectivity index (χ0v) is 29.7. The van der Waals surface area contributed by atoms with Crippen LogP contribution >= 0.6 is 7.82 Å². The Kier molecular flexibility index (Phi) is 24.5. The molecule has 0 fully saturated rings. The lowest BCUT2D eigenvalue weighted by molar-refractivity contribution is -0.161. The maximum absolute atomic E-state index is 12.3. The van der Waals surface area contributed by atoms with E-state index in [0.29, 0.717) is 32.1 Å². The molecule has 0 radical (unpaired) electrons. The molecule has 1 aliphatic rings. The summed E-state index contributed by atoms with van der Waals surface area (Å²) in [5, 5.41) is 10.1. The molecule has 0 unspecified atom stereocenters. The van der Waals surface area contributed by atoms with Crippen molar-refractivity contribution < 1.29 is 47.8 Å². The predicted octanol–water partition coefficient (Wildman–Crippen LogP) is 7.85. The first-order valence-electron chi connectivity index (χ1n) is 17.8. The Balaban J connectivity index is 2.33. The zero-order valence-electron chi connectivity index (χ0n) is 28.8. The third kappa shape index (κ3) is 23.8. The SMILES string of the molecule is CCCCCCCCCCCCC(=O)O[C@H](COC(=O)CCC/C=C\C[C@H]1C=CC(=O)[C@@H]1/C=C/[C@@H](O)CCCCC)COP(=O)(O)O. The van der Waals surface area contributed by atoms with E-state index in [4.69, 9.17) is 19.3 Å². The van der Waals surface area contributed by atoms with Crippen LogP contribution in [0.15, 0.2) is 36.5 Å².